The Hall–Kier alpha value is -0.870. The number of ether oxygens (including phenoxy) is 2. The lowest BCUT2D eigenvalue weighted by atomic mass is 9.92. The van der Waals surface area contributed by atoms with E-state index in [1.165, 1.54) is 7.11 Å². The molecule has 2 rings (SSSR count). The van der Waals surface area contributed by atoms with E-state index in [1.54, 1.807) is 12.1 Å². The van der Waals surface area contributed by atoms with Gasteiger partial charge in [0.1, 0.15) is 0 Å². The molecule has 3 unspecified atom stereocenters. The predicted octanol–water partition coefficient (Wildman–Crippen LogP) is 3.72. The van der Waals surface area contributed by atoms with Crippen LogP contribution in [0.1, 0.15) is 41.8 Å². The third-order valence-corrected chi connectivity index (χ3v) is 4.81. The number of carbonyl (C=O) groups is 1. The maximum atomic E-state index is 11.4. The van der Waals surface area contributed by atoms with Gasteiger partial charge in [-0.3, -0.25) is 0 Å². The lowest BCUT2D eigenvalue weighted by Gasteiger charge is -2.33. The molecule has 0 N–H and O–H groups in total. The third-order valence-electron chi connectivity index (χ3n) is 3.69. The zero-order valence-electron chi connectivity index (χ0n) is 11.3. The second-order valence-electron chi connectivity index (χ2n) is 4.86. The van der Waals surface area contributed by atoms with Gasteiger partial charge in [0, 0.05) is 4.83 Å². The number of carbonyl (C=O) groups excluding carboxylic acids is 1. The van der Waals surface area contributed by atoms with Gasteiger partial charge in [-0.2, -0.15) is 0 Å². The van der Waals surface area contributed by atoms with E-state index in [2.05, 4.69) is 27.6 Å². The zero-order valence-corrected chi connectivity index (χ0v) is 12.9. The van der Waals surface area contributed by atoms with Crippen LogP contribution in [0.3, 0.4) is 0 Å². The number of alkyl halides is 1. The van der Waals surface area contributed by atoms with Crippen LogP contribution in [0.5, 0.6) is 0 Å². The number of hydrogen-bond acceptors (Lipinski definition) is 3. The van der Waals surface area contributed by atoms with E-state index in [-0.39, 0.29) is 12.1 Å². The molecule has 0 radical (unpaired) electrons. The molecule has 1 aromatic rings. The van der Waals surface area contributed by atoms with Crippen molar-refractivity contribution in [2.75, 3.05) is 13.7 Å². The number of rotatable bonds is 3. The molecular formula is C15H19BrO3. The van der Waals surface area contributed by atoms with Crippen LogP contribution >= 0.6 is 15.9 Å². The molecular weight excluding hydrogens is 308 g/mol. The van der Waals surface area contributed by atoms with Gasteiger partial charge in [-0.1, -0.05) is 41.4 Å². The van der Waals surface area contributed by atoms with Crippen LogP contribution in [0, 0.1) is 5.92 Å². The highest BCUT2D eigenvalue weighted by molar-refractivity contribution is 9.09. The summed E-state index contributed by atoms with van der Waals surface area (Å²) < 4.78 is 10.6. The molecule has 0 spiro atoms. The topological polar surface area (TPSA) is 35.5 Å². The summed E-state index contributed by atoms with van der Waals surface area (Å²) in [5.41, 5.74) is 1.69. The van der Waals surface area contributed by atoms with Gasteiger partial charge in [0.15, 0.2) is 0 Å². The van der Waals surface area contributed by atoms with E-state index in [4.69, 9.17) is 4.74 Å². The third kappa shape index (κ3) is 3.37. The molecule has 4 heteroatoms. The normalized spacial score (nSPS) is 27.0. The fourth-order valence-electron chi connectivity index (χ4n) is 2.37. The van der Waals surface area contributed by atoms with E-state index < -0.39 is 0 Å². The fraction of sp³-hybridized carbons (Fsp3) is 0.533. The Bertz CT molecular complexity index is 430. The highest BCUT2D eigenvalue weighted by Crippen LogP contribution is 2.35. The minimum Gasteiger partial charge on any atom is -0.465 e. The second kappa shape index (κ2) is 6.53. The van der Waals surface area contributed by atoms with Gasteiger partial charge in [-0.05, 0) is 30.0 Å². The molecule has 104 valence electrons. The monoisotopic (exact) mass is 326 g/mol. The van der Waals surface area contributed by atoms with Gasteiger partial charge in [-0.25, -0.2) is 4.79 Å². The summed E-state index contributed by atoms with van der Waals surface area (Å²) in [4.78, 5) is 11.9. The number of hydrogen-bond donors (Lipinski definition) is 0. The van der Waals surface area contributed by atoms with Gasteiger partial charge < -0.3 is 9.47 Å². The van der Waals surface area contributed by atoms with Crippen molar-refractivity contribution >= 4 is 21.9 Å². The Balaban J connectivity index is 2.05. The standard InChI is InChI=1S/C15H19BrO3/c1-3-10-9-19-14(8-13(10)16)11-4-6-12(7-5-11)15(17)18-2/h4-7,10,13-14H,3,8-9H2,1-2H3. The molecule has 1 heterocycles. The van der Waals surface area contributed by atoms with Crippen LogP contribution in [-0.4, -0.2) is 24.5 Å². The van der Waals surface area contributed by atoms with Crippen LogP contribution in [0.2, 0.25) is 0 Å². The Morgan fingerprint density at radius 2 is 2.11 bits per heavy atom. The second-order valence-corrected chi connectivity index (χ2v) is 6.03. The summed E-state index contributed by atoms with van der Waals surface area (Å²) in [7, 11) is 1.39. The molecule has 1 fully saturated rings. The molecule has 0 aliphatic carbocycles. The molecule has 0 saturated carbocycles. The van der Waals surface area contributed by atoms with Crippen molar-refractivity contribution in [3.05, 3.63) is 35.4 Å². The average molecular weight is 327 g/mol. The molecule has 3 atom stereocenters. The van der Waals surface area contributed by atoms with Crippen LogP contribution in [-0.2, 0) is 9.47 Å². The smallest absolute Gasteiger partial charge is 0.337 e. The van der Waals surface area contributed by atoms with Crippen LogP contribution in [0.25, 0.3) is 0 Å². The van der Waals surface area contributed by atoms with E-state index >= 15 is 0 Å². The molecule has 19 heavy (non-hydrogen) atoms. The average Bonchev–Trinajstić information content (AvgIpc) is 2.46. The largest absolute Gasteiger partial charge is 0.465 e. The summed E-state index contributed by atoms with van der Waals surface area (Å²) in [5.74, 6) is 0.283. The van der Waals surface area contributed by atoms with Crippen LogP contribution in [0.4, 0.5) is 0 Å². The molecule has 0 amide bonds. The summed E-state index contributed by atoms with van der Waals surface area (Å²) in [6, 6.07) is 7.48. The summed E-state index contributed by atoms with van der Waals surface area (Å²) in [6.07, 6.45) is 2.21. The zero-order chi connectivity index (χ0) is 13.8. The van der Waals surface area contributed by atoms with Crippen molar-refractivity contribution in [1.29, 1.82) is 0 Å². The lowest BCUT2D eigenvalue weighted by Crippen LogP contribution is -2.29. The number of esters is 1. The van der Waals surface area contributed by atoms with Gasteiger partial charge in [0.2, 0.25) is 0 Å². The molecule has 1 aliphatic heterocycles. The fourth-order valence-corrected chi connectivity index (χ4v) is 3.23. The predicted molar refractivity (Wildman–Crippen MR) is 77.6 cm³/mol. The highest BCUT2D eigenvalue weighted by atomic mass is 79.9. The van der Waals surface area contributed by atoms with Crippen LogP contribution < -0.4 is 0 Å². The van der Waals surface area contributed by atoms with E-state index in [0.29, 0.717) is 16.3 Å². The van der Waals surface area contributed by atoms with Crippen molar-refractivity contribution in [2.24, 2.45) is 5.92 Å². The Kier molecular flexibility index (Phi) is 4.99. The molecule has 1 saturated heterocycles. The van der Waals surface area contributed by atoms with Crippen molar-refractivity contribution in [3.8, 4) is 0 Å². The maximum Gasteiger partial charge on any atom is 0.337 e. The summed E-state index contributed by atoms with van der Waals surface area (Å²) >= 11 is 3.75. The van der Waals surface area contributed by atoms with Crippen molar-refractivity contribution in [2.45, 2.75) is 30.7 Å². The van der Waals surface area contributed by atoms with E-state index in [1.807, 2.05) is 12.1 Å². The number of benzene rings is 1. The van der Waals surface area contributed by atoms with Gasteiger partial charge >= 0.3 is 5.97 Å². The first-order valence-electron chi connectivity index (χ1n) is 6.59. The Labute approximate surface area is 122 Å². The minimum absolute atomic E-state index is 0.110. The van der Waals surface area contributed by atoms with Crippen molar-refractivity contribution in [1.82, 2.24) is 0 Å². The lowest BCUT2D eigenvalue weighted by molar-refractivity contribution is -0.0132. The quantitative estimate of drug-likeness (QED) is 0.627. The van der Waals surface area contributed by atoms with Crippen LogP contribution in [0.15, 0.2) is 24.3 Å². The van der Waals surface area contributed by atoms with E-state index in [9.17, 15) is 4.79 Å². The van der Waals surface area contributed by atoms with Crippen molar-refractivity contribution < 1.29 is 14.3 Å². The van der Waals surface area contributed by atoms with Gasteiger partial charge in [-0.15, -0.1) is 0 Å². The SMILES string of the molecule is CCC1COC(c2ccc(C(=O)OC)cc2)CC1Br. The molecule has 1 aliphatic rings. The number of methoxy groups -OCH3 is 1. The molecule has 3 nitrogen and oxygen atoms in total. The maximum absolute atomic E-state index is 11.4. The van der Waals surface area contributed by atoms with Crippen molar-refractivity contribution in [3.63, 3.8) is 0 Å². The molecule has 0 aromatic heterocycles. The van der Waals surface area contributed by atoms with E-state index in [0.717, 1.165) is 25.0 Å². The molecule has 0 bridgehead atoms. The summed E-state index contributed by atoms with van der Waals surface area (Å²) in [6.45, 7) is 2.98. The summed E-state index contributed by atoms with van der Waals surface area (Å²) in [5, 5.41) is 0. The highest BCUT2D eigenvalue weighted by Gasteiger charge is 2.29. The molecule has 1 aromatic carbocycles. The van der Waals surface area contributed by atoms with Gasteiger partial charge in [0.05, 0.1) is 25.4 Å². The Morgan fingerprint density at radius 1 is 1.42 bits per heavy atom. The first-order chi connectivity index (χ1) is 9.15. The number of halogens is 1. The minimum atomic E-state index is -0.305. The first kappa shape index (κ1) is 14.5. The van der Waals surface area contributed by atoms with Gasteiger partial charge in [0.25, 0.3) is 0 Å². The Morgan fingerprint density at radius 3 is 2.63 bits per heavy atom. The first-order valence-corrected chi connectivity index (χ1v) is 7.51.